The van der Waals surface area contributed by atoms with Crippen LogP contribution in [0, 0.1) is 0 Å². The van der Waals surface area contributed by atoms with E-state index < -0.39 is 0 Å². The van der Waals surface area contributed by atoms with E-state index in [4.69, 9.17) is 21.1 Å². The first-order chi connectivity index (χ1) is 12.5. The van der Waals surface area contributed by atoms with Crippen molar-refractivity contribution in [3.05, 3.63) is 53.1 Å². The van der Waals surface area contributed by atoms with Crippen molar-refractivity contribution in [2.45, 2.75) is 13.0 Å². The molecule has 1 aliphatic heterocycles. The normalized spacial score (nSPS) is 16.2. The molecular weight excluding hydrogens is 372 g/mol. The molecule has 1 aliphatic rings. The lowest BCUT2D eigenvalue weighted by Gasteiger charge is -2.22. The van der Waals surface area contributed by atoms with Gasteiger partial charge in [-0.25, -0.2) is 0 Å². The van der Waals surface area contributed by atoms with Crippen LogP contribution in [-0.4, -0.2) is 37.1 Å². The van der Waals surface area contributed by atoms with Crippen LogP contribution in [0.2, 0.25) is 5.02 Å². The van der Waals surface area contributed by atoms with Gasteiger partial charge in [0.1, 0.15) is 0 Å². The maximum absolute atomic E-state index is 13.3. The Morgan fingerprint density at radius 1 is 1.15 bits per heavy atom. The summed E-state index contributed by atoms with van der Waals surface area (Å²) in [6.07, 6.45) is 0. The van der Waals surface area contributed by atoms with Gasteiger partial charge in [-0.1, -0.05) is 23.4 Å². The second kappa shape index (κ2) is 8.01. The zero-order valence-electron chi connectivity index (χ0n) is 14.7. The number of methoxy groups -OCH3 is 2. The predicted octanol–water partition coefficient (Wildman–Crippen LogP) is 4.50. The van der Waals surface area contributed by atoms with Crippen molar-refractivity contribution < 1.29 is 14.3 Å². The number of benzene rings is 2. The van der Waals surface area contributed by atoms with E-state index in [0.717, 1.165) is 11.4 Å². The van der Waals surface area contributed by atoms with E-state index in [0.29, 0.717) is 27.3 Å². The number of rotatable bonds is 4. The fraction of sp³-hybridized carbons (Fsp3) is 0.263. The number of aliphatic imine (C=N–C) groups is 1. The number of nitrogens with zero attached hydrogens (tertiary/aromatic N) is 2. The number of amidine groups is 1. The summed E-state index contributed by atoms with van der Waals surface area (Å²) < 4.78 is 10.6. The Labute approximate surface area is 162 Å². The first-order valence-electron chi connectivity index (χ1n) is 8.06. The van der Waals surface area contributed by atoms with Crippen molar-refractivity contribution in [2.75, 3.05) is 24.9 Å². The SMILES string of the molecule is COc1ccc(C(=O)N(C2=N[C@@H](C)CS2)c2ccc(Cl)cc2)cc1OC. The number of carbonyl (C=O) groups excluding carboxylic acids is 1. The van der Waals surface area contributed by atoms with E-state index in [1.54, 1.807) is 61.2 Å². The van der Waals surface area contributed by atoms with Crippen LogP contribution in [0.15, 0.2) is 47.5 Å². The van der Waals surface area contributed by atoms with Crippen molar-refractivity contribution in [2.24, 2.45) is 4.99 Å². The van der Waals surface area contributed by atoms with E-state index in [1.165, 1.54) is 0 Å². The maximum Gasteiger partial charge on any atom is 0.264 e. The van der Waals surface area contributed by atoms with E-state index in [2.05, 4.69) is 4.99 Å². The maximum atomic E-state index is 13.3. The van der Waals surface area contributed by atoms with E-state index in [1.807, 2.05) is 19.1 Å². The van der Waals surface area contributed by atoms with Gasteiger partial charge in [-0.3, -0.25) is 14.7 Å². The molecule has 0 N–H and O–H groups in total. The third-order valence-electron chi connectivity index (χ3n) is 3.89. The summed E-state index contributed by atoms with van der Waals surface area (Å²) in [4.78, 5) is 19.5. The minimum atomic E-state index is -0.186. The van der Waals surface area contributed by atoms with Gasteiger partial charge in [0.25, 0.3) is 5.91 Å². The molecule has 26 heavy (non-hydrogen) atoms. The zero-order valence-corrected chi connectivity index (χ0v) is 16.3. The average molecular weight is 391 g/mol. The van der Waals surface area contributed by atoms with Gasteiger partial charge in [0, 0.05) is 16.3 Å². The minimum Gasteiger partial charge on any atom is -0.493 e. The second-order valence-corrected chi connectivity index (χ2v) is 7.18. The molecule has 1 amide bonds. The fourth-order valence-electron chi connectivity index (χ4n) is 2.58. The van der Waals surface area contributed by atoms with Crippen LogP contribution >= 0.6 is 23.4 Å². The monoisotopic (exact) mass is 390 g/mol. The standard InChI is InChI=1S/C19H19ClN2O3S/c1-12-11-26-19(21-12)22(15-7-5-14(20)6-8-15)18(23)13-4-9-16(24-2)17(10-13)25-3/h4-10,12H,11H2,1-3H3/t12-/m0/s1. The van der Waals surface area contributed by atoms with Crippen LogP contribution in [0.4, 0.5) is 5.69 Å². The van der Waals surface area contributed by atoms with Crippen molar-refractivity contribution in [1.29, 1.82) is 0 Å². The van der Waals surface area contributed by atoms with Crippen molar-refractivity contribution in [3.63, 3.8) is 0 Å². The summed E-state index contributed by atoms with van der Waals surface area (Å²) in [7, 11) is 3.10. The van der Waals surface area contributed by atoms with E-state index >= 15 is 0 Å². The van der Waals surface area contributed by atoms with Gasteiger partial charge in [-0.05, 0) is 49.4 Å². The zero-order chi connectivity index (χ0) is 18.7. The molecule has 0 saturated heterocycles. The van der Waals surface area contributed by atoms with Crippen LogP contribution in [0.1, 0.15) is 17.3 Å². The Balaban J connectivity index is 2.02. The van der Waals surface area contributed by atoms with Crippen LogP contribution in [0.5, 0.6) is 11.5 Å². The third kappa shape index (κ3) is 3.81. The highest BCUT2D eigenvalue weighted by atomic mass is 35.5. The Bertz CT molecular complexity index is 839. The first-order valence-corrected chi connectivity index (χ1v) is 9.42. The predicted molar refractivity (Wildman–Crippen MR) is 107 cm³/mol. The molecule has 2 aromatic rings. The number of thioether (sulfide) groups is 1. The van der Waals surface area contributed by atoms with Gasteiger partial charge in [-0.15, -0.1) is 0 Å². The van der Waals surface area contributed by atoms with E-state index in [-0.39, 0.29) is 11.9 Å². The Kier molecular flexibility index (Phi) is 5.74. The molecule has 136 valence electrons. The molecule has 0 spiro atoms. The highest BCUT2D eigenvalue weighted by molar-refractivity contribution is 8.14. The largest absolute Gasteiger partial charge is 0.493 e. The number of hydrogen-bond donors (Lipinski definition) is 0. The summed E-state index contributed by atoms with van der Waals surface area (Å²) in [5.74, 6) is 1.74. The van der Waals surface area contributed by atoms with Crippen molar-refractivity contribution >= 4 is 40.1 Å². The highest BCUT2D eigenvalue weighted by Gasteiger charge is 2.28. The van der Waals surface area contributed by atoms with Gasteiger partial charge in [-0.2, -0.15) is 0 Å². The van der Waals surface area contributed by atoms with Gasteiger partial charge >= 0.3 is 0 Å². The van der Waals surface area contributed by atoms with Crippen molar-refractivity contribution in [3.8, 4) is 11.5 Å². The fourth-order valence-corrected chi connectivity index (χ4v) is 3.75. The third-order valence-corrected chi connectivity index (χ3v) is 5.34. The lowest BCUT2D eigenvalue weighted by molar-refractivity contribution is 0.100. The smallest absolute Gasteiger partial charge is 0.264 e. The highest BCUT2D eigenvalue weighted by Crippen LogP contribution is 2.31. The average Bonchev–Trinajstić information content (AvgIpc) is 3.08. The molecule has 1 heterocycles. The van der Waals surface area contributed by atoms with E-state index in [9.17, 15) is 4.79 Å². The number of carbonyl (C=O) groups is 1. The number of halogens is 1. The summed E-state index contributed by atoms with van der Waals surface area (Å²) >= 11 is 7.56. The van der Waals surface area contributed by atoms with Gasteiger partial charge in [0.05, 0.1) is 25.9 Å². The summed E-state index contributed by atoms with van der Waals surface area (Å²) in [6, 6.07) is 12.4. The molecule has 2 aromatic carbocycles. The summed E-state index contributed by atoms with van der Waals surface area (Å²) in [5, 5.41) is 1.29. The van der Waals surface area contributed by atoms with Crippen molar-refractivity contribution in [1.82, 2.24) is 0 Å². The first kappa shape index (κ1) is 18.6. The number of amides is 1. The Morgan fingerprint density at radius 2 is 1.85 bits per heavy atom. The lowest BCUT2D eigenvalue weighted by Crippen LogP contribution is -2.34. The van der Waals surface area contributed by atoms with Crippen LogP contribution in [0.3, 0.4) is 0 Å². The molecule has 0 radical (unpaired) electrons. The molecule has 0 saturated carbocycles. The molecule has 0 fully saturated rings. The lowest BCUT2D eigenvalue weighted by atomic mass is 10.1. The number of ether oxygens (including phenoxy) is 2. The Hall–Kier alpha value is -2.18. The van der Waals surface area contributed by atoms with Gasteiger partial charge in [0.2, 0.25) is 0 Å². The molecular formula is C19H19ClN2O3S. The molecule has 0 aliphatic carbocycles. The molecule has 3 rings (SSSR count). The van der Waals surface area contributed by atoms with Gasteiger partial charge in [0.15, 0.2) is 16.7 Å². The number of hydrogen-bond acceptors (Lipinski definition) is 5. The van der Waals surface area contributed by atoms with Crippen LogP contribution in [0.25, 0.3) is 0 Å². The minimum absolute atomic E-state index is 0.169. The summed E-state index contributed by atoms with van der Waals surface area (Å²) in [5.41, 5.74) is 1.20. The molecule has 0 aromatic heterocycles. The topological polar surface area (TPSA) is 51.1 Å². The quantitative estimate of drug-likeness (QED) is 0.771. The molecule has 1 atom stereocenters. The number of anilines is 1. The molecule has 5 nitrogen and oxygen atoms in total. The molecule has 7 heteroatoms. The Morgan fingerprint density at radius 3 is 2.42 bits per heavy atom. The van der Waals surface area contributed by atoms with Crippen LogP contribution < -0.4 is 14.4 Å². The summed E-state index contributed by atoms with van der Waals surface area (Å²) in [6.45, 7) is 2.03. The van der Waals surface area contributed by atoms with Gasteiger partial charge < -0.3 is 9.47 Å². The van der Waals surface area contributed by atoms with Crippen LogP contribution in [-0.2, 0) is 0 Å². The molecule has 0 bridgehead atoms. The second-order valence-electron chi connectivity index (χ2n) is 5.76. The molecule has 0 unspecified atom stereocenters.